The van der Waals surface area contributed by atoms with Gasteiger partial charge in [0.25, 0.3) is 0 Å². The quantitative estimate of drug-likeness (QED) is 0.801. The Hall–Kier alpha value is -1.82. The first-order valence-electron chi connectivity index (χ1n) is 6.37. The Morgan fingerprint density at radius 3 is 2.61 bits per heavy atom. The number of rotatable bonds is 2. The molecule has 1 fully saturated rings. The lowest BCUT2D eigenvalue weighted by Crippen LogP contribution is -2.36. The summed E-state index contributed by atoms with van der Waals surface area (Å²) in [6, 6.07) is 8.42. The van der Waals surface area contributed by atoms with Crippen LogP contribution in [0.25, 0.3) is 0 Å². The molecule has 0 amide bonds. The van der Waals surface area contributed by atoms with Crippen molar-refractivity contribution in [2.24, 2.45) is 0 Å². The second-order valence-corrected chi connectivity index (χ2v) is 4.96. The van der Waals surface area contributed by atoms with E-state index in [1.165, 1.54) is 0 Å². The van der Waals surface area contributed by atoms with E-state index < -0.39 is 0 Å². The fraction of sp³-hybridized carbons (Fsp3) is 0.467. The molecule has 18 heavy (non-hydrogen) atoms. The standard InChI is InChI=1S/C15H18N2O/c1-11-4-3-5-12(10-16)15(11)17(2)13-6-8-14(18)9-7-13/h3-5,13H,6-9H2,1-2H3. The van der Waals surface area contributed by atoms with Gasteiger partial charge in [-0.1, -0.05) is 12.1 Å². The van der Waals surface area contributed by atoms with Gasteiger partial charge in [-0.25, -0.2) is 0 Å². The van der Waals surface area contributed by atoms with E-state index in [1.54, 1.807) is 0 Å². The summed E-state index contributed by atoms with van der Waals surface area (Å²) in [6.45, 7) is 2.03. The summed E-state index contributed by atoms with van der Waals surface area (Å²) >= 11 is 0. The van der Waals surface area contributed by atoms with Gasteiger partial charge in [-0.05, 0) is 31.4 Å². The van der Waals surface area contributed by atoms with Crippen molar-refractivity contribution in [1.29, 1.82) is 5.26 Å². The third kappa shape index (κ3) is 2.38. The predicted octanol–water partition coefficient (Wildman–Crippen LogP) is 2.81. The number of para-hydroxylation sites is 1. The molecular formula is C15H18N2O. The van der Waals surface area contributed by atoms with E-state index in [0.29, 0.717) is 24.7 Å². The van der Waals surface area contributed by atoms with Crippen molar-refractivity contribution in [2.75, 3.05) is 11.9 Å². The minimum absolute atomic E-state index is 0.366. The molecule has 1 saturated carbocycles. The van der Waals surface area contributed by atoms with Gasteiger partial charge in [-0.2, -0.15) is 5.26 Å². The first-order valence-corrected chi connectivity index (χ1v) is 6.37. The molecule has 94 valence electrons. The summed E-state index contributed by atoms with van der Waals surface area (Å²) in [5, 5.41) is 9.20. The van der Waals surface area contributed by atoms with Gasteiger partial charge in [0.2, 0.25) is 0 Å². The van der Waals surface area contributed by atoms with Crippen LogP contribution >= 0.6 is 0 Å². The van der Waals surface area contributed by atoms with E-state index in [2.05, 4.69) is 11.0 Å². The third-order valence-electron chi connectivity index (χ3n) is 3.77. The van der Waals surface area contributed by atoms with Gasteiger partial charge in [0, 0.05) is 25.9 Å². The van der Waals surface area contributed by atoms with E-state index in [9.17, 15) is 10.1 Å². The highest BCUT2D eigenvalue weighted by molar-refractivity contribution is 5.79. The number of carbonyl (C=O) groups is 1. The average Bonchev–Trinajstić information content (AvgIpc) is 2.38. The van der Waals surface area contributed by atoms with Crippen molar-refractivity contribution in [3.8, 4) is 6.07 Å². The molecule has 0 spiro atoms. The zero-order valence-corrected chi connectivity index (χ0v) is 10.9. The molecule has 0 atom stereocenters. The normalized spacial score (nSPS) is 16.4. The maximum Gasteiger partial charge on any atom is 0.133 e. The van der Waals surface area contributed by atoms with Gasteiger partial charge in [-0.3, -0.25) is 4.79 Å². The first kappa shape index (κ1) is 12.6. The fourth-order valence-electron chi connectivity index (χ4n) is 2.71. The molecule has 2 rings (SSSR count). The fourth-order valence-corrected chi connectivity index (χ4v) is 2.71. The highest BCUT2D eigenvalue weighted by Crippen LogP contribution is 2.29. The number of nitrogens with zero attached hydrogens (tertiary/aromatic N) is 2. The molecule has 0 heterocycles. The van der Waals surface area contributed by atoms with E-state index in [-0.39, 0.29) is 0 Å². The van der Waals surface area contributed by atoms with Crippen molar-refractivity contribution in [3.63, 3.8) is 0 Å². The highest BCUT2D eigenvalue weighted by Gasteiger charge is 2.24. The van der Waals surface area contributed by atoms with E-state index in [1.807, 2.05) is 32.2 Å². The molecule has 1 aromatic carbocycles. The summed E-state index contributed by atoms with van der Waals surface area (Å²) in [6.07, 6.45) is 3.13. The number of ketones is 1. The van der Waals surface area contributed by atoms with Crippen LogP contribution in [0, 0.1) is 18.3 Å². The number of nitriles is 1. The second-order valence-electron chi connectivity index (χ2n) is 4.96. The largest absolute Gasteiger partial charge is 0.370 e. The van der Waals surface area contributed by atoms with Crippen LogP contribution in [0.2, 0.25) is 0 Å². The van der Waals surface area contributed by atoms with Crippen LogP contribution in [0.4, 0.5) is 5.69 Å². The molecule has 1 aliphatic rings. The van der Waals surface area contributed by atoms with Crippen LogP contribution < -0.4 is 4.90 Å². The molecule has 1 aromatic rings. The van der Waals surface area contributed by atoms with Gasteiger partial charge in [0.05, 0.1) is 11.3 Å². The van der Waals surface area contributed by atoms with Gasteiger partial charge >= 0.3 is 0 Å². The van der Waals surface area contributed by atoms with Crippen LogP contribution in [0.1, 0.15) is 36.8 Å². The van der Waals surface area contributed by atoms with Crippen LogP contribution in [0.15, 0.2) is 18.2 Å². The van der Waals surface area contributed by atoms with Crippen molar-refractivity contribution in [3.05, 3.63) is 29.3 Å². The van der Waals surface area contributed by atoms with E-state index >= 15 is 0 Å². The van der Waals surface area contributed by atoms with Crippen molar-refractivity contribution >= 4 is 11.5 Å². The lowest BCUT2D eigenvalue weighted by atomic mass is 9.92. The van der Waals surface area contributed by atoms with Crippen LogP contribution in [0.3, 0.4) is 0 Å². The number of benzene rings is 1. The number of anilines is 1. The summed E-state index contributed by atoms with van der Waals surface area (Å²) in [7, 11) is 2.03. The zero-order chi connectivity index (χ0) is 13.1. The molecule has 0 aromatic heterocycles. The molecule has 0 N–H and O–H groups in total. The topological polar surface area (TPSA) is 44.1 Å². The van der Waals surface area contributed by atoms with Crippen LogP contribution in [0.5, 0.6) is 0 Å². The Morgan fingerprint density at radius 2 is 2.00 bits per heavy atom. The van der Waals surface area contributed by atoms with Crippen molar-refractivity contribution in [2.45, 2.75) is 38.6 Å². The molecule has 0 bridgehead atoms. The number of aryl methyl sites for hydroxylation is 1. The monoisotopic (exact) mass is 242 g/mol. The summed E-state index contributed by atoms with van der Waals surface area (Å²) in [5.74, 6) is 0.366. The Morgan fingerprint density at radius 1 is 1.33 bits per heavy atom. The van der Waals surface area contributed by atoms with Gasteiger partial charge in [0.15, 0.2) is 0 Å². The Bertz CT molecular complexity index is 492. The molecular weight excluding hydrogens is 224 g/mol. The molecule has 0 unspecified atom stereocenters. The number of Topliss-reactive ketones (excluding diaryl/α,β-unsaturated/α-hetero) is 1. The Labute approximate surface area is 108 Å². The SMILES string of the molecule is Cc1cccc(C#N)c1N(C)C1CCC(=O)CC1. The van der Waals surface area contributed by atoms with Crippen molar-refractivity contribution < 1.29 is 4.79 Å². The average molecular weight is 242 g/mol. The summed E-state index contributed by atoms with van der Waals surface area (Å²) < 4.78 is 0. The highest BCUT2D eigenvalue weighted by atomic mass is 16.1. The lowest BCUT2D eigenvalue weighted by molar-refractivity contribution is -0.120. The van der Waals surface area contributed by atoms with Crippen molar-refractivity contribution in [1.82, 2.24) is 0 Å². The second kappa shape index (κ2) is 5.22. The maximum atomic E-state index is 11.3. The molecule has 0 saturated heterocycles. The van der Waals surface area contributed by atoms with Crippen LogP contribution in [-0.2, 0) is 4.79 Å². The lowest BCUT2D eigenvalue weighted by Gasteiger charge is -2.34. The van der Waals surface area contributed by atoms with Gasteiger partial charge in [0.1, 0.15) is 11.9 Å². The van der Waals surface area contributed by atoms with Crippen LogP contribution in [-0.4, -0.2) is 18.9 Å². The minimum atomic E-state index is 0.366. The van der Waals surface area contributed by atoms with E-state index in [4.69, 9.17) is 0 Å². The van der Waals surface area contributed by atoms with Gasteiger partial charge in [-0.15, -0.1) is 0 Å². The predicted molar refractivity (Wildman–Crippen MR) is 71.6 cm³/mol. The molecule has 1 aliphatic carbocycles. The zero-order valence-electron chi connectivity index (χ0n) is 10.9. The summed E-state index contributed by atoms with van der Waals surface area (Å²) in [4.78, 5) is 13.5. The van der Waals surface area contributed by atoms with Gasteiger partial charge < -0.3 is 4.90 Å². The Balaban J connectivity index is 2.26. The first-order chi connectivity index (χ1) is 8.63. The Kier molecular flexibility index (Phi) is 3.66. The smallest absolute Gasteiger partial charge is 0.133 e. The molecule has 0 radical (unpaired) electrons. The molecule has 3 heteroatoms. The number of hydrogen-bond donors (Lipinski definition) is 0. The summed E-state index contributed by atoms with van der Waals surface area (Å²) in [5.41, 5.74) is 2.85. The molecule has 3 nitrogen and oxygen atoms in total. The number of carbonyl (C=O) groups excluding carboxylic acids is 1. The van der Waals surface area contributed by atoms with E-state index in [0.717, 1.165) is 29.7 Å². The maximum absolute atomic E-state index is 11.3. The number of hydrogen-bond acceptors (Lipinski definition) is 3. The minimum Gasteiger partial charge on any atom is -0.370 e. The third-order valence-corrected chi connectivity index (χ3v) is 3.77. The molecule has 0 aliphatic heterocycles.